The van der Waals surface area contributed by atoms with Gasteiger partial charge in [0.2, 0.25) is 5.91 Å². The van der Waals surface area contributed by atoms with E-state index in [1.54, 1.807) is 6.07 Å². The maximum Gasteiger partial charge on any atom is 0.258 e. The molecule has 1 aliphatic carbocycles. The number of anilines is 1. The van der Waals surface area contributed by atoms with Crippen LogP contribution in [0.3, 0.4) is 0 Å². The molecule has 2 aromatic heterocycles. The number of thiazole rings is 1. The Kier molecular flexibility index (Phi) is 5.36. The molecule has 2 aromatic rings. The molecule has 4 rings (SSSR count). The first-order valence-corrected chi connectivity index (χ1v) is 11.0. The number of fused-ring (bicyclic) bond motifs is 1. The molecule has 1 N–H and O–H groups in total. The van der Waals surface area contributed by atoms with Crippen LogP contribution in [0.1, 0.15) is 59.5 Å². The van der Waals surface area contributed by atoms with Crippen LogP contribution in [0.25, 0.3) is 0 Å². The largest absolute Gasteiger partial charge is 0.337 e. The number of nitrogens with zero attached hydrogens (tertiary/aromatic N) is 2. The van der Waals surface area contributed by atoms with E-state index in [9.17, 15) is 9.59 Å². The van der Waals surface area contributed by atoms with E-state index in [0.717, 1.165) is 23.5 Å². The van der Waals surface area contributed by atoms with Crippen LogP contribution in [0.2, 0.25) is 0 Å². The van der Waals surface area contributed by atoms with Gasteiger partial charge in [0, 0.05) is 29.6 Å². The zero-order valence-electron chi connectivity index (χ0n) is 14.7. The molecule has 0 atom stereocenters. The van der Waals surface area contributed by atoms with Gasteiger partial charge >= 0.3 is 0 Å². The van der Waals surface area contributed by atoms with Crippen molar-refractivity contribution in [2.75, 3.05) is 11.9 Å². The standard InChI is InChI=1S/C19H23N3O2S2/c23-17(10-13-4-2-1-3-5-13)22-8-6-15-16(11-22)26-19(20-15)21-18(24)14-7-9-25-12-14/h7,9,12-13H,1-6,8,10-11H2,(H,20,21,24). The number of thiophene rings is 1. The van der Waals surface area contributed by atoms with Crippen LogP contribution >= 0.6 is 22.7 Å². The summed E-state index contributed by atoms with van der Waals surface area (Å²) in [6, 6.07) is 1.80. The smallest absolute Gasteiger partial charge is 0.258 e. The summed E-state index contributed by atoms with van der Waals surface area (Å²) in [6.07, 6.45) is 7.72. The first kappa shape index (κ1) is 17.7. The minimum atomic E-state index is -0.123. The highest BCUT2D eigenvalue weighted by Crippen LogP contribution is 2.31. The van der Waals surface area contributed by atoms with Gasteiger partial charge in [-0.15, -0.1) is 0 Å². The van der Waals surface area contributed by atoms with E-state index >= 15 is 0 Å². The Labute approximate surface area is 161 Å². The van der Waals surface area contributed by atoms with Crippen molar-refractivity contribution in [1.29, 1.82) is 0 Å². The van der Waals surface area contributed by atoms with Crippen LogP contribution in [0, 0.1) is 5.92 Å². The van der Waals surface area contributed by atoms with E-state index in [-0.39, 0.29) is 11.8 Å². The highest BCUT2D eigenvalue weighted by molar-refractivity contribution is 7.16. The molecule has 0 spiro atoms. The summed E-state index contributed by atoms with van der Waals surface area (Å²) in [7, 11) is 0. The highest BCUT2D eigenvalue weighted by Gasteiger charge is 2.26. The van der Waals surface area contributed by atoms with E-state index in [1.165, 1.54) is 54.8 Å². The van der Waals surface area contributed by atoms with Gasteiger partial charge in [-0.05, 0) is 30.2 Å². The van der Waals surface area contributed by atoms with Gasteiger partial charge in [0.15, 0.2) is 5.13 Å². The Hall–Kier alpha value is -1.73. The SMILES string of the molecule is O=C(Nc1nc2c(s1)CN(C(=O)CC1CCCCC1)CC2)c1ccsc1. The number of aromatic nitrogens is 1. The van der Waals surface area contributed by atoms with Crippen molar-refractivity contribution in [3.8, 4) is 0 Å². The summed E-state index contributed by atoms with van der Waals surface area (Å²) in [5, 5.41) is 7.23. The van der Waals surface area contributed by atoms with Crippen molar-refractivity contribution in [3.63, 3.8) is 0 Å². The van der Waals surface area contributed by atoms with Gasteiger partial charge in [0.05, 0.1) is 17.8 Å². The lowest BCUT2D eigenvalue weighted by atomic mass is 9.86. The van der Waals surface area contributed by atoms with Gasteiger partial charge in [-0.25, -0.2) is 4.98 Å². The molecule has 138 valence electrons. The fraction of sp³-hybridized carbons (Fsp3) is 0.526. The molecule has 0 bridgehead atoms. The zero-order chi connectivity index (χ0) is 17.9. The van der Waals surface area contributed by atoms with Crippen LogP contribution < -0.4 is 5.32 Å². The third-order valence-electron chi connectivity index (χ3n) is 5.28. The lowest BCUT2D eigenvalue weighted by molar-refractivity contribution is -0.133. The summed E-state index contributed by atoms with van der Waals surface area (Å²) < 4.78 is 0. The zero-order valence-corrected chi connectivity index (χ0v) is 16.3. The van der Waals surface area contributed by atoms with Gasteiger partial charge in [-0.1, -0.05) is 30.6 Å². The first-order valence-electron chi connectivity index (χ1n) is 9.29. The molecule has 2 aliphatic rings. The Bertz CT molecular complexity index is 779. The minimum Gasteiger partial charge on any atom is -0.337 e. The molecule has 1 saturated carbocycles. The van der Waals surface area contributed by atoms with E-state index in [1.807, 2.05) is 15.7 Å². The third kappa shape index (κ3) is 3.99. The molecule has 26 heavy (non-hydrogen) atoms. The van der Waals surface area contributed by atoms with Crippen molar-refractivity contribution in [1.82, 2.24) is 9.88 Å². The minimum absolute atomic E-state index is 0.123. The molecule has 1 aliphatic heterocycles. The summed E-state index contributed by atoms with van der Waals surface area (Å²) in [5.74, 6) is 0.724. The van der Waals surface area contributed by atoms with E-state index in [2.05, 4.69) is 10.3 Å². The van der Waals surface area contributed by atoms with E-state index in [0.29, 0.717) is 29.6 Å². The normalized spacial score (nSPS) is 17.8. The summed E-state index contributed by atoms with van der Waals surface area (Å²) in [4.78, 5) is 32.5. The highest BCUT2D eigenvalue weighted by atomic mass is 32.1. The number of amides is 2. The number of nitrogens with one attached hydrogen (secondary N) is 1. The molecule has 7 heteroatoms. The Morgan fingerprint density at radius 1 is 1.27 bits per heavy atom. The molecule has 0 radical (unpaired) electrons. The Balaban J connectivity index is 1.37. The maximum absolute atomic E-state index is 12.7. The van der Waals surface area contributed by atoms with Crippen molar-refractivity contribution < 1.29 is 9.59 Å². The van der Waals surface area contributed by atoms with Crippen molar-refractivity contribution in [3.05, 3.63) is 33.0 Å². The number of hydrogen-bond acceptors (Lipinski definition) is 5. The van der Waals surface area contributed by atoms with Crippen LogP contribution in [-0.4, -0.2) is 28.2 Å². The molecule has 0 saturated heterocycles. The number of carbonyl (C=O) groups is 2. The topological polar surface area (TPSA) is 62.3 Å². The second kappa shape index (κ2) is 7.88. The van der Waals surface area contributed by atoms with Crippen molar-refractivity contribution in [2.24, 2.45) is 5.92 Å². The second-order valence-corrected chi connectivity index (χ2v) is 8.99. The van der Waals surface area contributed by atoms with Crippen molar-refractivity contribution in [2.45, 2.75) is 51.5 Å². The lowest BCUT2D eigenvalue weighted by Crippen LogP contribution is -2.36. The Morgan fingerprint density at radius 2 is 2.12 bits per heavy atom. The lowest BCUT2D eigenvalue weighted by Gasteiger charge is -2.29. The molecule has 3 heterocycles. The fourth-order valence-corrected chi connectivity index (χ4v) is 5.45. The summed E-state index contributed by atoms with van der Waals surface area (Å²) >= 11 is 3.00. The van der Waals surface area contributed by atoms with Crippen LogP contribution in [-0.2, 0) is 17.8 Å². The monoisotopic (exact) mass is 389 g/mol. The predicted molar refractivity (Wildman–Crippen MR) is 105 cm³/mol. The van der Waals surface area contributed by atoms with Crippen LogP contribution in [0.5, 0.6) is 0 Å². The maximum atomic E-state index is 12.7. The molecule has 0 unspecified atom stereocenters. The molecule has 2 amide bonds. The van der Waals surface area contributed by atoms with Gasteiger partial charge in [0.25, 0.3) is 5.91 Å². The predicted octanol–water partition coefficient (Wildman–Crippen LogP) is 4.31. The molecule has 5 nitrogen and oxygen atoms in total. The second-order valence-electron chi connectivity index (χ2n) is 7.13. The molecule has 0 aromatic carbocycles. The fourth-order valence-electron chi connectivity index (χ4n) is 3.79. The number of carbonyl (C=O) groups excluding carboxylic acids is 2. The average molecular weight is 390 g/mol. The first-order chi connectivity index (χ1) is 12.7. The quantitative estimate of drug-likeness (QED) is 0.847. The third-order valence-corrected chi connectivity index (χ3v) is 6.96. The molecule has 1 fully saturated rings. The number of hydrogen-bond donors (Lipinski definition) is 1. The van der Waals surface area contributed by atoms with Gasteiger partial charge < -0.3 is 4.90 Å². The summed E-state index contributed by atoms with van der Waals surface area (Å²) in [5.41, 5.74) is 1.68. The van der Waals surface area contributed by atoms with Crippen LogP contribution in [0.4, 0.5) is 5.13 Å². The van der Waals surface area contributed by atoms with Crippen LogP contribution in [0.15, 0.2) is 16.8 Å². The number of rotatable bonds is 4. The van der Waals surface area contributed by atoms with Gasteiger partial charge in [-0.3, -0.25) is 14.9 Å². The Morgan fingerprint density at radius 3 is 2.88 bits per heavy atom. The molecular formula is C19H23N3O2S2. The average Bonchev–Trinajstić information content (AvgIpc) is 3.31. The van der Waals surface area contributed by atoms with E-state index in [4.69, 9.17) is 0 Å². The van der Waals surface area contributed by atoms with Gasteiger partial charge in [0.1, 0.15) is 0 Å². The van der Waals surface area contributed by atoms with E-state index < -0.39 is 0 Å². The molecular weight excluding hydrogens is 366 g/mol. The summed E-state index contributed by atoms with van der Waals surface area (Å²) in [6.45, 7) is 1.37. The van der Waals surface area contributed by atoms with Crippen molar-refractivity contribution >= 4 is 39.6 Å². The van der Waals surface area contributed by atoms with Gasteiger partial charge in [-0.2, -0.15) is 11.3 Å².